The predicted molar refractivity (Wildman–Crippen MR) is 81.9 cm³/mol. The second-order valence-corrected chi connectivity index (χ2v) is 8.16. The molecule has 1 saturated heterocycles. The van der Waals surface area contributed by atoms with Crippen LogP contribution in [-0.4, -0.2) is 30.8 Å². The molecule has 2 fully saturated rings. The number of rotatable bonds is 3. The normalized spacial score (nSPS) is 26.0. The van der Waals surface area contributed by atoms with Gasteiger partial charge in [0.1, 0.15) is 10.8 Å². The van der Waals surface area contributed by atoms with E-state index in [1.807, 2.05) is 0 Å². The molecule has 2 unspecified atom stereocenters. The van der Waals surface area contributed by atoms with Crippen LogP contribution in [0.4, 0.5) is 4.39 Å². The lowest BCUT2D eigenvalue weighted by molar-refractivity contribution is 0.445. The van der Waals surface area contributed by atoms with Gasteiger partial charge >= 0.3 is 0 Å². The van der Waals surface area contributed by atoms with E-state index in [1.54, 1.807) is 0 Å². The number of nitrogens with two attached hydrogens (primary N) is 1. The highest BCUT2D eigenvalue weighted by Gasteiger charge is 2.41. The van der Waals surface area contributed by atoms with E-state index in [2.05, 4.69) is 0 Å². The van der Waals surface area contributed by atoms with Gasteiger partial charge in [-0.25, -0.2) is 12.8 Å². The molecule has 2 N–H and O–H groups in total. The van der Waals surface area contributed by atoms with Crippen LogP contribution in [0.15, 0.2) is 23.1 Å². The van der Waals surface area contributed by atoms with Crippen LogP contribution in [0.1, 0.15) is 24.8 Å². The molecule has 1 aromatic carbocycles. The van der Waals surface area contributed by atoms with Gasteiger partial charge in [-0.2, -0.15) is 4.31 Å². The van der Waals surface area contributed by atoms with Crippen molar-refractivity contribution in [1.82, 2.24) is 4.31 Å². The first-order valence-corrected chi connectivity index (χ1v) is 8.84. The number of halogens is 1. The van der Waals surface area contributed by atoms with Crippen LogP contribution >= 0.6 is 12.2 Å². The molecule has 2 aliphatic rings. The van der Waals surface area contributed by atoms with Crippen molar-refractivity contribution in [2.75, 3.05) is 13.1 Å². The lowest BCUT2D eigenvalue weighted by atomic mass is 10.0. The summed E-state index contributed by atoms with van der Waals surface area (Å²) in [5, 5.41) is 0. The summed E-state index contributed by atoms with van der Waals surface area (Å²) in [4.78, 5) is -0.0745. The van der Waals surface area contributed by atoms with Gasteiger partial charge in [0.05, 0.1) is 4.90 Å². The first-order valence-electron chi connectivity index (χ1n) is 6.99. The third kappa shape index (κ3) is 2.58. The Morgan fingerprint density at radius 3 is 2.48 bits per heavy atom. The van der Waals surface area contributed by atoms with E-state index in [0.717, 1.165) is 18.9 Å². The molecule has 1 heterocycles. The topological polar surface area (TPSA) is 63.4 Å². The van der Waals surface area contributed by atoms with Crippen molar-refractivity contribution in [2.24, 2.45) is 17.6 Å². The number of benzene rings is 1. The van der Waals surface area contributed by atoms with Crippen LogP contribution in [0.3, 0.4) is 0 Å². The average Bonchev–Trinajstić information content (AvgIpc) is 2.99. The van der Waals surface area contributed by atoms with Crippen LogP contribution in [0.25, 0.3) is 0 Å². The van der Waals surface area contributed by atoms with Gasteiger partial charge in [0.2, 0.25) is 10.0 Å². The Morgan fingerprint density at radius 1 is 1.29 bits per heavy atom. The average molecular weight is 328 g/mol. The molecule has 0 aromatic heterocycles. The summed E-state index contributed by atoms with van der Waals surface area (Å²) < 4.78 is 40.5. The molecule has 1 saturated carbocycles. The molecule has 0 bridgehead atoms. The molecule has 7 heteroatoms. The summed E-state index contributed by atoms with van der Waals surface area (Å²) in [6.07, 6.45) is 3.38. The number of nitrogens with zero attached hydrogens (tertiary/aromatic N) is 1. The van der Waals surface area contributed by atoms with Gasteiger partial charge in [0, 0.05) is 18.7 Å². The zero-order valence-electron chi connectivity index (χ0n) is 11.5. The molecule has 1 aliphatic heterocycles. The van der Waals surface area contributed by atoms with Gasteiger partial charge in [-0.05, 0) is 42.9 Å². The van der Waals surface area contributed by atoms with Gasteiger partial charge in [-0.1, -0.05) is 18.6 Å². The van der Waals surface area contributed by atoms with Crippen molar-refractivity contribution in [3.63, 3.8) is 0 Å². The first kappa shape index (κ1) is 14.9. The van der Waals surface area contributed by atoms with Gasteiger partial charge in [0.25, 0.3) is 0 Å². The van der Waals surface area contributed by atoms with E-state index in [0.29, 0.717) is 24.9 Å². The maximum Gasteiger partial charge on any atom is 0.243 e. The van der Waals surface area contributed by atoms with E-state index in [4.69, 9.17) is 18.0 Å². The monoisotopic (exact) mass is 328 g/mol. The minimum atomic E-state index is -3.60. The Bertz CT molecular complexity index is 678. The Balaban J connectivity index is 1.92. The predicted octanol–water partition coefficient (Wildman–Crippen LogP) is 1.88. The standard InChI is InChI=1S/C14H17FN2O2S2/c15-13-5-4-11(6-12(13)14(16)20)21(18,19)17-7-9-2-1-3-10(9)8-17/h4-6,9-10H,1-3,7-8H2,(H2,16,20). The molecule has 0 radical (unpaired) electrons. The summed E-state index contributed by atoms with van der Waals surface area (Å²) in [6, 6.07) is 3.62. The molecule has 114 valence electrons. The Kier molecular flexibility index (Phi) is 3.75. The minimum absolute atomic E-state index is 0.0227. The number of thiocarbonyl (C=S) groups is 1. The zero-order chi connectivity index (χ0) is 15.2. The van der Waals surface area contributed by atoms with Crippen molar-refractivity contribution >= 4 is 27.2 Å². The lowest BCUT2D eigenvalue weighted by Crippen LogP contribution is -2.30. The molecular weight excluding hydrogens is 311 g/mol. The van der Waals surface area contributed by atoms with Crippen LogP contribution in [0, 0.1) is 17.7 Å². The van der Waals surface area contributed by atoms with E-state index in [9.17, 15) is 12.8 Å². The fourth-order valence-electron chi connectivity index (χ4n) is 3.39. The Labute approximate surface area is 129 Å². The van der Waals surface area contributed by atoms with Crippen LogP contribution < -0.4 is 5.73 Å². The SMILES string of the molecule is NC(=S)c1cc(S(=O)(=O)N2CC3CCCC3C2)ccc1F. The minimum Gasteiger partial charge on any atom is -0.389 e. The number of fused-ring (bicyclic) bond motifs is 1. The van der Waals surface area contributed by atoms with Gasteiger partial charge in [-0.15, -0.1) is 0 Å². The number of hydrogen-bond donors (Lipinski definition) is 1. The van der Waals surface area contributed by atoms with Crippen molar-refractivity contribution in [3.05, 3.63) is 29.6 Å². The smallest absolute Gasteiger partial charge is 0.243 e. The second kappa shape index (κ2) is 5.30. The van der Waals surface area contributed by atoms with Crippen LogP contribution in [-0.2, 0) is 10.0 Å². The summed E-state index contributed by atoms with van der Waals surface area (Å²) in [6.45, 7) is 1.12. The number of hydrogen-bond acceptors (Lipinski definition) is 3. The van der Waals surface area contributed by atoms with E-state index in [1.165, 1.54) is 22.9 Å². The van der Waals surface area contributed by atoms with E-state index < -0.39 is 15.8 Å². The fraction of sp³-hybridized carbons (Fsp3) is 0.500. The third-order valence-corrected chi connectivity index (χ3v) is 6.58. The van der Waals surface area contributed by atoms with Gasteiger partial charge in [0.15, 0.2) is 0 Å². The molecule has 0 spiro atoms. The summed E-state index contributed by atoms with van der Waals surface area (Å²) in [5.41, 5.74) is 5.42. The molecule has 2 atom stereocenters. The molecule has 4 nitrogen and oxygen atoms in total. The molecule has 0 amide bonds. The van der Waals surface area contributed by atoms with E-state index >= 15 is 0 Å². The Morgan fingerprint density at radius 2 is 1.90 bits per heavy atom. The van der Waals surface area contributed by atoms with Gasteiger partial charge < -0.3 is 5.73 Å². The van der Waals surface area contributed by atoms with E-state index in [-0.39, 0.29) is 15.4 Å². The quantitative estimate of drug-likeness (QED) is 0.861. The molecular formula is C14H17FN2O2S2. The second-order valence-electron chi connectivity index (χ2n) is 5.78. The van der Waals surface area contributed by atoms with Crippen molar-refractivity contribution < 1.29 is 12.8 Å². The highest BCUT2D eigenvalue weighted by molar-refractivity contribution is 7.89. The maximum absolute atomic E-state index is 13.6. The van der Waals surface area contributed by atoms with Crippen molar-refractivity contribution in [1.29, 1.82) is 0 Å². The first-order chi connectivity index (χ1) is 9.89. The molecule has 1 aromatic rings. The fourth-order valence-corrected chi connectivity index (χ4v) is 5.13. The van der Waals surface area contributed by atoms with Crippen molar-refractivity contribution in [3.8, 4) is 0 Å². The lowest BCUT2D eigenvalue weighted by Gasteiger charge is -2.18. The van der Waals surface area contributed by atoms with Crippen molar-refractivity contribution in [2.45, 2.75) is 24.2 Å². The third-order valence-electron chi connectivity index (χ3n) is 4.53. The zero-order valence-corrected chi connectivity index (χ0v) is 13.1. The van der Waals surface area contributed by atoms with Crippen LogP contribution in [0.2, 0.25) is 0 Å². The molecule has 21 heavy (non-hydrogen) atoms. The highest BCUT2D eigenvalue weighted by atomic mass is 32.2. The maximum atomic E-state index is 13.6. The number of sulfonamides is 1. The van der Waals surface area contributed by atoms with Crippen LogP contribution in [0.5, 0.6) is 0 Å². The van der Waals surface area contributed by atoms with Gasteiger partial charge in [-0.3, -0.25) is 0 Å². The molecule has 3 rings (SSSR count). The summed E-state index contributed by atoms with van der Waals surface area (Å²) >= 11 is 4.76. The summed E-state index contributed by atoms with van der Waals surface area (Å²) in [7, 11) is -3.60. The Hall–Kier alpha value is -1.05. The summed E-state index contributed by atoms with van der Waals surface area (Å²) in [5.74, 6) is 0.338. The highest BCUT2D eigenvalue weighted by Crippen LogP contribution is 2.39. The largest absolute Gasteiger partial charge is 0.389 e. The molecule has 1 aliphatic carbocycles.